The average molecular weight is 301 g/mol. The Balaban J connectivity index is 2.06. The molecule has 0 aliphatic rings. The second-order valence-electron chi connectivity index (χ2n) is 4.99. The zero-order valence-corrected chi connectivity index (χ0v) is 13.0. The van der Waals surface area contributed by atoms with E-state index in [-0.39, 0.29) is 10.9 Å². The molecule has 0 fully saturated rings. The van der Waals surface area contributed by atoms with Gasteiger partial charge in [-0.05, 0) is 31.5 Å². The summed E-state index contributed by atoms with van der Waals surface area (Å²) in [6, 6.07) is 16.3. The van der Waals surface area contributed by atoms with Gasteiger partial charge in [-0.2, -0.15) is 0 Å². The minimum Gasteiger partial charge on any atom is -0.207 e. The number of sulfonamides is 1. The van der Waals surface area contributed by atoms with Gasteiger partial charge in [-0.1, -0.05) is 60.2 Å². The third kappa shape index (κ3) is 4.55. The molecule has 0 saturated heterocycles. The fourth-order valence-corrected chi connectivity index (χ4v) is 3.09. The van der Waals surface area contributed by atoms with E-state index in [2.05, 4.69) is 4.72 Å². The summed E-state index contributed by atoms with van der Waals surface area (Å²) in [6.07, 6.45) is 3.74. The van der Waals surface area contributed by atoms with Gasteiger partial charge in [0.25, 0.3) is 0 Å². The summed E-state index contributed by atoms with van der Waals surface area (Å²) in [6.45, 7) is 3.74. The van der Waals surface area contributed by atoms with Crippen LogP contribution in [0.15, 0.2) is 65.6 Å². The first-order chi connectivity index (χ1) is 9.97. The van der Waals surface area contributed by atoms with Crippen molar-refractivity contribution < 1.29 is 8.42 Å². The van der Waals surface area contributed by atoms with Crippen LogP contribution in [0.1, 0.15) is 18.1 Å². The Hall–Kier alpha value is -1.91. The van der Waals surface area contributed by atoms with Crippen LogP contribution in [0.25, 0.3) is 6.08 Å². The van der Waals surface area contributed by atoms with Gasteiger partial charge >= 0.3 is 0 Å². The van der Waals surface area contributed by atoms with Gasteiger partial charge in [-0.15, -0.1) is 0 Å². The topological polar surface area (TPSA) is 46.2 Å². The Kier molecular flexibility index (Phi) is 4.94. The SMILES string of the molecule is Cc1ccc(S(=O)(=O)N[C@H](C)/C=C/c2ccccc2)cc1. The highest BCUT2D eigenvalue weighted by Crippen LogP contribution is 2.11. The molecule has 1 atom stereocenters. The molecule has 1 N–H and O–H groups in total. The molecule has 0 amide bonds. The van der Waals surface area contributed by atoms with Crippen LogP contribution in [0, 0.1) is 6.92 Å². The third-order valence-electron chi connectivity index (χ3n) is 3.05. The summed E-state index contributed by atoms with van der Waals surface area (Å²) in [5, 5.41) is 0. The molecule has 0 spiro atoms. The van der Waals surface area contributed by atoms with Gasteiger partial charge in [0.15, 0.2) is 0 Å². The Labute approximate surface area is 126 Å². The minimum atomic E-state index is -3.48. The fourth-order valence-electron chi connectivity index (χ4n) is 1.89. The molecule has 21 heavy (non-hydrogen) atoms. The largest absolute Gasteiger partial charge is 0.241 e. The first-order valence-corrected chi connectivity index (χ1v) is 8.28. The Morgan fingerprint density at radius 1 is 1.00 bits per heavy atom. The van der Waals surface area contributed by atoms with E-state index in [1.54, 1.807) is 24.3 Å². The fraction of sp³-hybridized carbons (Fsp3) is 0.176. The first-order valence-electron chi connectivity index (χ1n) is 6.79. The summed E-state index contributed by atoms with van der Waals surface area (Å²) in [4.78, 5) is 0.285. The van der Waals surface area contributed by atoms with Crippen LogP contribution in [-0.4, -0.2) is 14.5 Å². The van der Waals surface area contributed by atoms with E-state index < -0.39 is 10.0 Å². The van der Waals surface area contributed by atoms with Gasteiger partial charge in [0.05, 0.1) is 4.90 Å². The summed E-state index contributed by atoms with van der Waals surface area (Å²) >= 11 is 0. The van der Waals surface area contributed by atoms with Crippen LogP contribution in [0.4, 0.5) is 0 Å². The zero-order chi connectivity index (χ0) is 15.3. The van der Waals surface area contributed by atoms with Gasteiger partial charge in [0.1, 0.15) is 0 Å². The predicted molar refractivity (Wildman–Crippen MR) is 86.4 cm³/mol. The predicted octanol–water partition coefficient (Wildman–Crippen LogP) is 3.38. The number of hydrogen-bond acceptors (Lipinski definition) is 2. The van der Waals surface area contributed by atoms with Gasteiger partial charge in [0.2, 0.25) is 10.0 Å². The molecule has 0 bridgehead atoms. The number of benzene rings is 2. The molecule has 2 aromatic rings. The summed E-state index contributed by atoms with van der Waals surface area (Å²) in [5.74, 6) is 0. The third-order valence-corrected chi connectivity index (χ3v) is 4.62. The van der Waals surface area contributed by atoms with E-state index in [0.29, 0.717) is 0 Å². The average Bonchev–Trinajstić information content (AvgIpc) is 2.46. The highest BCUT2D eigenvalue weighted by Gasteiger charge is 2.15. The molecular weight excluding hydrogens is 282 g/mol. The molecule has 0 aliphatic carbocycles. The van der Waals surface area contributed by atoms with Crippen molar-refractivity contribution >= 4 is 16.1 Å². The van der Waals surface area contributed by atoms with Crippen molar-refractivity contribution in [1.29, 1.82) is 0 Å². The molecule has 0 heterocycles. The van der Waals surface area contributed by atoms with Crippen LogP contribution in [0.2, 0.25) is 0 Å². The molecule has 0 radical (unpaired) electrons. The standard InChI is InChI=1S/C17H19NO2S/c1-14-8-12-17(13-9-14)21(19,20)18-15(2)10-11-16-6-4-3-5-7-16/h3-13,15,18H,1-2H3/b11-10+/t15-/m1/s1. The number of hydrogen-bond donors (Lipinski definition) is 1. The van der Waals surface area contributed by atoms with Gasteiger partial charge in [0, 0.05) is 6.04 Å². The maximum Gasteiger partial charge on any atom is 0.241 e. The van der Waals surface area contributed by atoms with Crippen molar-refractivity contribution in [1.82, 2.24) is 4.72 Å². The van der Waals surface area contributed by atoms with E-state index in [1.165, 1.54) is 0 Å². The van der Waals surface area contributed by atoms with E-state index in [9.17, 15) is 8.42 Å². The minimum absolute atomic E-state index is 0.281. The summed E-state index contributed by atoms with van der Waals surface area (Å²) < 4.78 is 27.1. The molecular formula is C17H19NO2S. The van der Waals surface area contributed by atoms with Gasteiger partial charge < -0.3 is 0 Å². The van der Waals surface area contributed by atoms with E-state index in [0.717, 1.165) is 11.1 Å². The molecule has 0 unspecified atom stereocenters. The summed E-state index contributed by atoms with van der Waals surface area (Å²) in [5.41, 5.74) is 2.07. The van der Waals surface area contributed by atoms with Crippen molar-refractivity contribution in [3.63, 3.8) is 0 Å². The van der Waals surface area contributed by atoms with Gasteiger partial charge in [-0.3, -0.25) is 0 Å². The van der Waals surface area contributed by atoms with E-state index in [1.807, 2.05) is 56.3 Å². The van der Waals surface area contributed by atoms with E-state index in [4.69, 9.17) is 0 Å². The molecule has 3 nitrogen and oxygen atoms in total. The molecule has 2 aromatic carbocycles. The van der Waals surface area contributed by atoms with Crippen molar-refractivity contribution in [3.8, 4) is 0 Å². The van der Waals surface area contributed by atoms with Crippen molar-refractivity contribution in [2.45, 2.75) is 24.8 Å². The maximum atomic E-state index is 12.2. The molecule has 0 saturated carbocycles. The second kappa shape index (κ2) is 6.70. The summed E-state index contributed by atoms with van der Waals surface area (Å²) in [7, 11) is -3.48. The monoisotopic (exact) mass is 301 g/mol. The van der Waals surface area contributed by atoms with Crippen LogP contribution in [0.3, 0.4) is 0 Å². The lowest BCUT2D eigenvalue weighted by Crippen LogP contribution is -2.31. The molecule has 110 valence electrons. The normalized spacial score (nSPS) is 13.4. The highest BCUT2D eigenvalue weighted by atomic mass is 32.2. The zero-order valence-electron chi connectivity index (χ0n) is 12.2. The molecule has 0 aliphatic heterocycles. The Morgan fingerprint density at radius 3 is 2.24 bits per heavy atom. The maximum absolute atomic E-state index is 12.2. The number of aryl methyl sites for hydroxylation is 1. The van der Waals surface area contributed by atoms with Crippen molar-refractivity contribution in [2.24, 2.45) is 0 Å². The van der Waals surface area contributed by atoms with Crippen LogP contribution in [-0.2, 0) is 10.0 Å². The van der Waals surface area contributed by atoms with Crippen LogP contribution >= 0.6 is 0 Å². The molecule has 4 heteroatoms. The quantitative estimate of drug-likeness (QED) is 0.920. The van der Waals surface area contributed by atoms with Crippen LogP contribution < -0.4 is 4.72 Å². The lowest BCUT2D eigenvalue weighted by atomic mass is 10.2. The Bertz CT molecular complexity index is 704. The lowest BCUT2D eigenvalue weighted by Gasteiger charge is -2.11. The molecule has 0 aromatic heterocycles. The van der Waals surface area contributed by atoms with Crippen molar-refractivity contribution in [3.05, 3.63) is 71.8 Å². The highest BCUT2D eigenvalue weighted by molar-refractivity contribution is 7.89. The first kappa shape index (κ1) is 15.5. The second-order valence-corrected chi connectivity index (χ2v) is 6.71. The smallest absolute Gasteiger partial charge is 0.207 e. The van der Waals surface area contributed by atoms with Crippen molar-refractivity contribution in [2.75, 3.05) is 0 Å². The number of rotatable bonds is 5. The molecule has 2 rings (SSSR count). The Morgan fingerprint density at radius 2 is 1.62 bits per heavy atom. The van der Waals surface area contributed by atoms with E-state index >= 15 is 0 Å². The number of nitrogens with one attached hydrogen (secondary N) is 1. The van der Waals surface area contributed by atoms with Gasteiger partial charge in [-0.25, -0.2) is 13.1 Å². The lowest BCUT2D eigenvalue weighted by molar-refractivity contribution is 0.576. The van der Waals surface area contributed by atoms with Crippen LogP contribution in [0.5, 0.6) is 0 Å².